The quantitative estimate of drug-likeness (QED) is 0.715. The number of rotatable bonds is 5. The van der Waals surface area contributed by atoms with Crippen LogP contribution in [0.4, 0.5) is 30.6 Å². The van der Waals surface area contributed by atoms with E-state index in [1.54, 1.807) is 0 Å². The number of carbonyl (C=O) groups is 1. The number of nitrogens with zero attached hydrogens (tertiary/aromatic N) is 5. The largest absolute Gasteiger partial charge is 0.487 e. The molecule has 1 saturated carbocycles. The molecule has 0 unspecified atom stereocenters. The molecular weight excluding hydrogens is 427 g/mol. The number of alkyl halides is 3. The van der Waals surface area contributed by atoms with Gasteiger partial charge in [0.15, 0.2) is 11.6 Å². The van der Waals surface area contributed by atoms with Crippen molar-refractivity contribution in [2.24, 2.45) is 5.92 Å². The number of aryl methyl sites for hydroxylation is 1. The van der Waals surface area contributed by atoms with E-state index in [9.17, 15) is 18.0 Å². The van der Waals surface area contributed by atoms with Crippen molar-refractivity contribution in [1.29, 1.82) is 0 Å². The van der Waals surface area contributed by atoms with E-state index >= 15 is 0 Å². The number of nitrogens with one attached hydrogen (secondary N) is 2. The Morgan fingerprint density at radius 1 is 1.22 bits per heavy atom. The molecule has 0 radical (unpaired) electrons. The third-order valence-electron chi connectivity index (χ3n) is 5.58. The lowest BCUT2D eigenvalue weighted by Crippen LogP contribution is -2.50. The van der Waals surface area contributed by atoms with Gasteiger partial charge >= 0.3 is 6.18 Å². The van der Waals surface area contributed by atoms with E-state index in [0.717, 1.165) is 12.4 Å². The van der Waals surface area contributed by atoms with Crippen LogP contribution in [-0.4, -0.2) is 51.1 Å². The first-order valence-corrected chi connectivity index (χ1v) is 10.3. The lowest BCUT2D eigenvalue weighted by atomic mass is 9.89. The van der Waals surface area contributed by atoms with Crippen molar-refractivity contribution in [2.75, 3.05) is 22.6 Å². The lowest BCUT2D eigenvalue weighted by molar-refractivity contribution is -0.145. The van der Waals surface area contributed by atoms with Crippen molar-refractivity contribution in [3.63, 3.8) is 0 Å². The van der Waals surface area contributed by atoms with E-state index < -0.39 is 12.0 Å². The Labute approximate surface area is 182 Å². The van der Waals surface area contributed by atoms with Crippen LogP contribution in [0.3, 0.4) is 0 Å². The number of likely N-dealkylation sites (N-methyl/N-ethyl adjacent to an activating group) is 1. The smallest absolute Gasteiger partial charge is 0.451 e. The normalized spacial score (nSPS) is 22.8. The number of hydrogen-bond acceptors (Lipinski definition) is 8. The summed E-state index contributed by atoms with van der Waals surface area (Å²) in [5, 5.41) is 6.18. The highest BCUT2D eigenvalue weighted by Gasteiger charge is 2.37. The maximum Gasteiger partial charge on any atom is 0.451 e. The molecule has 32 heavy (non-hydrogen) atoms. The van der Waals surface area contributed by atoms with Gasteiger partial charge in [0.1, 0.15) is 17.8 Å². The summed E-state index contributed by atoms with van der Waals surface area (Å²) in [4.78, 5) is 30.0. The molecule has 3 heterocycles. The predicted molar refractivity (Wildman–Crippen MR) is 111 cm³/mol. The van der Waals surface area contributed by atoms with Crippen LogP contribution in [0.5, 0.6) is 5.75 Å². The predicted octanol–water partition coefficient (Wildman–Crippen LogP) is 3.03. The summed E-state index contributed by atoms with van der Waals surface area (Å²) in [6.45, 7) is 5.77. The molecule has 172 valence electrons. The Hall–Kier alpha value is -3.18. The molecule has 9 nitrogen and oxygen atoms in total. The van der Waals surface area contributed by atoms with Gasteiger partial charge in [-0.25, -0.2) is 15.0 Å². The Bertz CT molecular complexity index is 1010. The zero-order valence-electron chi connectivity index (χ0n) is 18.1. The molecule has 2 aliphatic rings. The first kappa shape index (κ1) is 22.0. The monoisotopic (exact) mass is 451 g/mol. The van der Waals surface area contributed by atoms with Crippen LogP contribution in [0.15, 0.2) is 12.4 Å². The maximum atomic E-state index is 12.5. The van der Waals surface area contributed by atoms with Gasteiger partial charge in [-0.05, 0) is 12.8 Å². The SMILES string of the molecule is Cc1nc(NC2CC(Oc3cnc(C(F)(F)F)nc3)C2)nc2c1NC(=O)[C@H](C(C)C)N2C. The van der Waals surface area contributed by atoms with Crippen LogP contribution < -0.4 is 20.3 Å². The number of amides is 1. The molecule has 0 aromatic carbocycles. The summed E-state index contributed by atoms with van der Waals surface area (Å²) in [7, 11) is 1.85. The van der Waals surface area contributed by atoms with Crippen LogP contribution in [0.2, 0.25) is 0 Å². The number of ether oxygens (including phenoxy) is 1. The van der Waals surface area contributed by atoms with E-state index in [1.807, 2.05) is 32.7 Å². The summed E-state index contributed by atoms with van der Waals surface area (Å²) in [5.74, 6) is 0.144. The van der Waals surface area contributed by atoms with Crippen molar-refractivity contribution in [1.82, 2.24) is 19.9 Å². The number of fused-ring (bicyclic) bond motifs is 1. The van der Waals surface area contributed by atoms with Crippen LogP contribution in [-0.2, 0) is 11.0 Å². The molecule has 0 spiro atoms. The van der Waals surface area contributed by atoms with E-state index in [0.29, 0.717) is 36.0 Å². The molecule has 1 atom stereocenters. The number of halogens is 3. The van der Waals surface area contributed by atoms with Crippen LogP contribution in [0, 0.1) is 12.8 Å². The minimum absolute atomic E-state index is 0.0530. The number of hydrogen-bond donors (Lipinski definition) is 2. The molecule has 1 aliphatic carbocycles. The minimum atomic E-state index is -4.58. The van der Waals surface area contributed by atoms with Crippen LogP contribution in [0.1, 0.15) is 38.2 Å². The van der Waals surface area contributed by atoms with Gasteiger partial charge in [-0.2, -0.15) is 18.2 Å². The summed E-state index contributed by atoms with van der Waals surface area (Å²) >= 11 is 0. The molecule has 1 aliphatic heterocycles. The first-order valence-electron chi connectivity index (χ1n) is 10.3. The van der Waals surface area contributed by atoms with Gasteiger partial charge in [0.05, 0.1) is 18.1 Å². The lowest BCUT2D eigenvalue weighted by Gasteiger charge is -2.38. The molecule has 12 heteroatoms. The molecule has 2 aromatic rings. The number of aromatic nitrogens is 4. The molecule has 4 rings (SSSR count). The van der Waals surface area contributed by atoms with Gasteiger partial charge in [-0.3, -0.25) is 4.79 Å². The summed E-state index contributed by atoms with van der Waals surface area (Å²) in [5.41, 5.74) is 1.27. The van der Waals surface area contributed by atoms with Crippen LogP contribution in [0.25, 0.3) is 0 Å². The van der Waals surface area contributed by atoms with Gasteiger partial charge in [0, 0.05) is 25.9 Å². The van der Waals surface area contributed by atoms with Crippen molar-refractivity contribution in [2.45, 2.75) is 58.0 Å². The second kappa shape index (κ2) is 8.06. The van der Waals surface area contributed by atoms with Gasteiger partial charge in [-0.1, -0.05) is 13.8 Å². The zero-order valence-corrected chi connectivity index (χ0v) is 18.1. The second-order valence-electron chi connectivity index (χ2n) is 8.41. The van der Waals surface area contributed by atoms with Crippen molar-refractivity contribution in [3.05, 3.63) is 23.9 Å². The van der Waals surface area contributed by atoms with Gasteiger partial charge < -0.3 is 20.3 Å². The maximum absolute atomic E-state index is 12.5. The molecule has 0 saturated heterocycles. The van der Waals surface area contributed by atoms with Crippen molar-refractivity contribution >= 4 is 23.4 Å². The standard InChI is InChI=1S/C20H24F3N7O2/c1-9(2)15-17(31)28-14-10(3)26-19(29-16(14)30(15)4)27-11-5-12(6-11)32-13-7-24-18(25-8-13)20(21,22)23/h7-9,11-12,15H,5-6H2,1-4H3,(H,28,31)(H,26,27,29)/t11?,12?,15-/m0/s1. The van der Waals surface area contributed by atoms with E-state index in [1.165, 1.54) is 0 Å². The molecule has 0 bridgehead atoms. The summed E-state index contributed by atoms with van der Waals surface area (Å²) in [6, 6.07) is -0.269. The molecule has 1 amide bonds. The van der Waals surface area contributed by atoms with Crippen molar-refractivity contribution < 1.29 is 22.7 Å². The third-order valence-corrected chi connectivity index (χ3v) is 5.58. The van der Waals surface area contributed by atoms with E-state index in [2.05, 4.69) is 30.6 Å². The van der Waals surface area contributed by atoms with Crippen molar-refractivity contribution in [3.8, 4) is 5.75 Å². The van der Waals surface area contributed by atoms with Crippen LogP contribution >= 0.6 is 0 Å². The Kier molecular flexibility index (Phi) is 5.55. The molecule has 1 fully saturated rings. The Morgan fingerprint density at radius 3 is 2.47 bits per heavy atom. The molecule has 2 aromatic heterocycles. The highest BCUT2D eigenvalue weighted by atomic mass is 19.4. The topological polar surface area (TPSA) is 105 Å². The number of anilines is 3. The third kappa shape index (κ3) is 4.26. The minimum Gasteiger partial charge on any atom is -0.487 e. The summed E-state index contributed by atoms with van der Waals surface area (Å²) in [6.07, 6.45) is -1.44. The number of carbonyl (C=O) groups excluding carboxylic acids is 1. The highest BCUT2D eigenvalue weighted by Crippen LogP contribution is 2.35. The van der Waals surface area contributed by atoms with E-state index in [4.69, 9.17) is 4.74 Å². The molecular formula is C20H24F3N7O2. The highest BCUT2D eigenvalue weighted by molar-refractivity contribution is 6.03. The second-order valence-corrected chi connectivity index (χ2v) is 8.41. The van der Waals surface area contributed by atoms with Gasteiger partial charge in [0.25, 0.3) is 0 Å². The molecule has 2 N–H and O–H groups in total. The fourth-order valence-electron chi connectivity index (χ4n) is 3.96. The Balaban J connectivity index is 1.37. The fraction of sp³-hybridized carbons (Fsp3) is 0.550. The first-order chi connectivity index (χ1) is 15.0. The average molecular weight is 451 g/mol. The fourth-order valence-corrected chi connectivity index (χ4v) is 3.96. The average Bonchev–Trinajstić information content (AvgIpc) is 2.67. The zero-order chi connectivity index (χ0) is 23.2. The van der Waals surface area contributed by atoms with Gasteiger partial charge in [-0.15, -0.1) is 0 Å². The Morgan fingerprint density at radius 2 is 1.88 bits per heavy atom. The van der Waals surface area contributed by atoms with E-state index in [-0.39, 0.29) is 35.8 Å². The van der Waals surface area contributed by atoms with Gasteiger partial charge in [0.2, 0.25) is 17.7 Å². The summed E-state index contributed by atoms with van der Waals surface area (Å²) < 4.78 is 43.3.